The van der Waals surface area contributed by atoms with Crippen molar-refractivity contribution in [2.75, 3.05) is 0 Å². The second kappa shape index (κ2) is 4.80. The van der Waals surface area contributed by atoms with Crippen LogP contribution >= 0.6 is 0 Å². The summed E-state index contributed by atoms with van der Waals surface area (Å²) >= 11 is 0. The highest BCUT2D eigenvalue weighted by atomic mass is 16.5. The molecule has 3 aromatic rings. The molecule has 0 saturated carbocycles. The number of benzene rings is 3. The topological polar surface area (TPSA) is 32.3 Å². The Kier molecular flexibility index (Phi) is 2.89. The van der Waals surface area contributed by atoms with Crippen molar-refractivity contribution in [2.24, 2.45) is 0 Å². The minimum atomic E-state index is -0.639. The molecule has 0 spiro atoms. The summed E-state index contributed by atoms with van der Waals surface area (Å²) < 4.78 is 0. The van der Waals surface area contributed by atoms with Gasteiger partial charge in [-0.25, -0.2) is 0 Å². The van der Waals surface area contributed by atoms with Crippen molar-refractivity contribution in [3.05, 3.63) is 82.9 Å². The molecule has 1 aliphatic rings. The van der Waals surface area contributed by atoms with Crippen LogP contribution in [-0.4, -0.2) is 5.21 Å². The van der Waals surface area contributed by atoms with Gasteiger partial charge >= 0.3 is 0 Å². The second-order valence-corrected chi connectivity index (χ2v) is 5.94. The maximum absolute atomic E-state index is 9.96. The first-order valence-electron chi connectivity index (χ1n) is 7.44. The van der Waals surface area contributed by atoms with Crippen molar-refractivity contribution in [3.63, 3.8) is 0 Å². The summed E-state index contributed by atoms with van der Waals surface area (Å²) in [6.45, 7) is 2.02. The molecule has 1 atom stereocenters. The Hall–Kier alpha value is -2.42. The molecule has 108 valence electrons. The van der Waals surface area contributed by atoms with Crippen molar-refractivity contribution >= 4 is 22.9 Å². The second-order valence-electron chi connectivity index (χ2n) is 5.94. The monoisotopic (exact) mass is 287 g/mol. The largest absolute Gasteiger partial charge is 0.316 e. The lowest BCUT2D eigenvalue weighted by Crippen LogP contribution is -2.39. The first-order chi connectivity index (χ1) is 10.7. The molecule has 4 rings (SSSR count). The van der Waals surface area contributed by atoms with Crippen LogP contribution in [0.4, 0.5) is 0 Å². The molecule has 0 amide bonds. The molecule has 0 heterocycles. The lowest BCUT2D eigenvalue weighted by atomic mass is 9.81. The standard InChI is InChI=1S/C20H17NO/c1-20(21-22)18-9-5-4-6-14(18)10-11-17-12-15-7-2-3-8-16(15)13-19(17)20/h2-13,21-22H,1H3/t20-/m0/s1. The normalized spacial score (nSPS) is 19.5. The van der Waals surface area contributed by atoms with Crippen molar-refractivity contribution in [1.29, 1.82) is 0 Å². The van der Waals surface area contributed by atoms with Crippen LogP contribution in [-0.2, 0) is 5.54 Å². The zero-order valence-corrected chi connectivity index (χ0v) is 12.4. The van der Waals surface area contributed by atoms with Gasteiger partial charge in [-0.3, -0.25) is 0 Å². The minimum absolute atomic E-state index is 0.639. The Morgan fingerprint density at radius 2 is 1.41 bits per heavy atom. The van der Waals surface area contributed by atoms with E-state index in [0.29, 0.717) is 0 Å². The van der Waals surface area contributed by atoms with E-state index in [2.05, 4.69) is 54.0 Å². The third-order valence-corrected chi connectivity index (χ3v) is 4.62. The molecule has 2 heteroatoms. The lowest BCUT2D eigenvalue weighted by Gasteiger charge is -2.31. The van der Waals surface area contributed by atoms with E-state index in [1.54, 1.807) is 0 Å². The van der Waals surface area contributed by atoms with E-state index in [9.17, 15) is 5.21 Å². The first-order valence-corrected chi connectivity index (χ1v) is 7.44. The van der Waals surface area contributed by atoms with Crippen LogP contribution in [0, 0.1) is 0 Å². The van der Waals surface area contributed by atoms with Gasteiger partial charge in [0.2, 0.25) is 0 Å². The Balaban J connectivity index is 2.09. The number of nitrogens with one attached hydrogen (secondary N) is 1. The zero-order valence-electron chi connectivity index (χ0n) is 12.4. The lowest BCUT2D eigenvalue weighted by molar-refractivity contribution is 0.0922. The molecule has 0 bridgehead atoms. The Morgan fingerprint density at radius 1 is 0.773 bits per heavy atom. The van der Waals surface area contributed by atoms with Crippen molar-refractivity contribution in [3.8, 4) is 0 Å². The molecule has 2 N–H and O–H groups in total. The van der Waals surface area contributed by atoms with Gasteiger partial charge in [-0.1, -0.05) is 60.7 Å². The minimum Gasteiger partial charge on any atom is -0.316 e. The number of fused-ring (bicyclic) bond motifs is 3. The first kappa shape index (κ1) is 13.3. The predicted octanol–water partition coefficient (Wildman–Crippen LogP) is 4.57. The predicted molar refractivity (Wildman–Crippen MR) is 90.7 cm³/mol. The molecule has 0 aliphatic heterocycles. The molecule has 0 aromatic heterocycles. The van der Waals surface area contributed by atoms with Crippen molar-refractivity contribution in [2.45, 2.75) is 12.5 Å². The maximum atomic E-state index is 9.96. The summed E-state index contributed by atoms with van der Waals surface area (Å²) in [5.41, 5.74) is 6.31. The number of rotatable bonds is 1. The molecular weight excluding hydrogens is 270 g/mol. The molecule has 1 aliphatic carbocycles. The highest BCUT2D eigenvalue weighted by Crippen LogP contribution is 2.39. The van der Waals surface area contributed by atoms with Crippen LogP contribution in [0.2, 0.25) is 0 Å². The van der Waals surface area contributed by atoms with E-state index in [0.717, 1.165) is 22.3 Å². The van der Waals surface area contributed by atoms with Gasteiger partial charge in [0.1, 0.15) is 0 Å². The van der Waals surface area contributed by atoms with E-state index < -0.39 is 5.54 Å². The van der Waals surface area contributed by atoms with Gasteiger partial charge in [-0.05, 0) is 52.1 Å². The van der Waals surface area contributed by atoms with Crippen molar-refractivity contribution in [1.82, 2.24) is 5.48 Å². The maximum Gasteiger partial charge on any atom is 0.0911 e. The SMILES string of the molecule is C[C@]1(NO)c2ccccc2C=Cc2cc3ccccc3cc21. The van der Waals surface area contributed by atoms with E-state index in [-0.39, 0.29) is 0 Å². The average molecular weight is 287 g/mol. The van der Waals surface area contributed by atoms with Gasteiger partial charge in [0.15, 0.2) is 0 Å². The van der Waals surface area contributed by atoms with Crippen molar-refractivity contribution < 1.29 is 5.21 Å². The summed E-state index contributed by atoms with van der Waals surface area (Å²) in [6.07, 6.45) is 4.24. The summed E-state index contributed by atoms with van der Waals surface area (Å²) in [4.78, 5) is 0. The molecule has 0 radical (unpaired) electrons. The van der Waals surface area contributed by atoms with Crippen LogP contribution in [0.1, 0.15) is 29.2 Å². The molecule has 22 heavy (non-hydrogen) atoms. The smallest absolute Gasteiger partial charge is 0.0911 e. The van der Waals surface area contributed by atoms with E-state index in [4.69, 9.17) is 0 Å². The van der Waals surface area contributed by atoms with Gasteiger partial charge in [0, 0.05) is 0 Å². The number of hydrogen-bond donors (Lipinski definition) is 2. The Bertz CT molecular complexity index is 897. The van der Waals surface area contributed by atoms with E-state index in [1.807, 2.05) is 31.2 Å². The van der Waals surface area contributed by atoms with E-state index >= 15 is 0 Å². The molecule has 0 unspecified atom stereocenters. The fourth-order valence-corrected chi connectivity index (χ4v) is 3.37. The fourth-order valence-electron chi connectivity index (χ4n) is 3.37. The Labute approximate surface area is 129 Å². The highest BCUT2D eigenvalue weighted by molar-refractivity contribution is 5.89. The van der Waals surface area contributed by atoms with Gasteiger partial charge in [-0.2, -0.15) is 5.48 Å². The number of hydroxylamine groups is 1. The molecule has 2 nitrogen and oxygen atoms in total. The van der Waals surface area contributed by atoms with Gasteiger partial charge < -0.3 is 5.21 Å². The van der Waals surface area contributed by atoms with Crippen LogP contribution in [0.25, 0.3) is 22.9 Å². The summed E-state index contributed by atoms with van der Waals surface area (Å²) in [7, 11) is 0. The van der Waals surface area contributed by atoms with Gasteiger partial charge in [-0.15, -0.1) is 0 Å². The summed E-state index contributed by atoms with van der Waals surface area (Å²) in [5.74, 6) is 0. The molecule has 3 aromatic carbocycles. The van der Waals surface area contributed by atoms with E-state index in [1.165, 1.54) is 10.8 Å². The number of hydrogen-bond acceptors (Lipinski definition) is 2. The summed E-state index contributed by atoms with van der Waals surface area (Å²) in [6, 6.07) is 20.8. The average Bonchev–Trinajstić information content (AvgIpc) is 2.69. The van der Waals surface area contributed by atoms with Crippen LogP contribution in [0.15, 0.2) is 60.7 Å². The van der Waals surface area contributed by atoms with Crippen LogP contribution in [0.5, 0.6) is 0 Å². The third kappa shape index (κ3) is 1.82. The molecule has 0 saturated heterocycles. The van der Waals surface area contributed by atoms with Crippen LogP contribution in [0.3, 0.4) is 0 Å². The summed E-state index contributed by atoms with van der Waals surface area (Å²) in [5, 5.41) is 12.3. The quantitative estimate of drug-likeness (QED) is 0.643. The Morgan fingerprint density at radius 3 is 2.18 bits per heavy atom. The van der Waals surface area contributed by atoms with Gasteiger partial charge in [0.25, 0.3) is 0 Å². The molecular formula is C20H17NO. The van der Waals surface area contributed by atoms with Gasteiger partial charge in [0.05, 0.1) is 5.54 Å². The zero-order chi connectivity index (χ0) is 15.2. The van der Waals surface area contributed by atoms with Crippen LogP contribution < -0.4 is 5.48 Å². The highest BCUT2D eigenvalue weighted by Gasteiger charge is 2.33. The fraction of sp³-hybridized carbons (Fsp3) is 0.100. The molecule has 0 fully saturated rings. The third-order valence-electron chi connectivity index (χ3n) is 4.62.